The molecule has 0 spiro atoms. The molecule has 33 heavy (non-hydrogen) atoms. The molecule has 0 bridgehead atoms. The number of alkyl halides is 3. The second-order valence-electron chi connectivity index (χ2n) is 8.75. The third-order valence-corrected chi connectivity index (χ3v) is 6.51. The van der Waals surface area contributed by atoms with Crippen molar-refractivity contribution in [1.82, 2.24) is 10.6 Å². The average Bonchev–Trinajstić information content (AvgIpc) is 2.71. The lowest BCUT2D eigenvalue weighted by Crippen LogP contribution is -2.59. The first-order valence-corrected chi connectivity index (χ1v) is 10.7. The van der Waals surface area contributed by atoms with E-state index in [-0.39, 0.29) is 41.2 Å². The molecule has 10 nitrogen and oxygen atoms in total. The quantitative estimate of drug-likeness (QED) is 0.583. The second-order valence-corrected chi connectivity index (χ2v) is 8.75. The van der Waals surface area contributed by atoms with E-state index in [0.29, 0.717) is 12.8 Å². The number of amides is 2. The van der Waals surface area contributed by atoms with Crippen molar-refractivity contribution >= 4 is 11.8 Å². The van der Waals surface area contributed by atoms with Crippen LogP contribution in [0.3, 0.4) is 0 Å². The molecule has 0 saturated carbocycles. The second kappa shape index (κ2) is 9.54. The lowest BCUT2D eigenvalue weighted by atomic mass is 9.84. The van der Waals surface area contributed by atoms with E-state index < -0.39 is 55.0 Å². The van der Waals surface area contributed by atoms with E-state index in [0.717, 1.165) is 4.76 Å². The molecule has 2 amide bonds. The summed E-state index contributed by atoms with van der Waals surface area (Å²) in [4.78, 5) is 50.0. The van der Waals surface area contributed by atoms with E-state index in [4.69, 9.17) is 5.26 Å². The highest BCUT2D eigenvalue weighted by Gasteiger charge is 2.53. The number of piperidine rings is 2. The Kier molecular flexibility index (Phi) is 7.16. The minimum absolute atomic E-state index is 0.00151. The van der Waals surface area contributed by atoms with Crippen molar-refractivity contribution in [3.8, 4) is 6.07 Å². The molecule has 0 aromatic rings. The van der Waals surface area contributed by atoms with Gasteiger partial charge in [-0.1, -0.05) is 0 Å². The van der Waals surface area contributed by atoms with Gasteiger partial charge in [0.15, 0.2) is 0 Å². The molecule has 0 aromatic carbocycles. The molecular weight excluding hydrogens is 447 g/mol. The number of nitriles is 1. The molecule has 2 saturated heterocycles. The smallest absolute Gasteiger partial charge is 0.347 e. The molecule has 3 aliphatic rings. The summed E-state index contributed by atoms with van der Waals surface area (Å²) in [6.45, 7) is 3.15. The zero-order valence-corrected chi connectivity index (χ0v) is 18.2. The largest absolute Gasteiger partial charge is 0.527 e. The molecule has 6 atom stereocenters. The first kappa shape index (κ1) is 24.8. The van der Waals surface area contributed by atoms with Crippen LogP contribution in [0.25, 0.3) is 0 Å². The normalized spacial score (nSPS) is 31.4. The summed E-state index contributed by atoms with van der Waals surface area (Å²) in [6.07, 6.45) is -6.22. The Morgan fingerprint density at radius 3 is 2.61 bits per heavy atom. The highest BCUT2D eigenvalue weighted by Crippen LogP contribution is 2.33. The lowest BCUT2D eigenvalue weighted by molar-refractivity contribution is -0.684. The fraction of sp³-hybridized carbons (Fsp3) is 0.750. The van der Waals surface area contributed by atoms with Gasteiger partial charge in [-0.25, -0.2) is 4.74 Å². The van der Waals surface area contributed by atoms with Gasteiger partial charge >= 0.3 is 12.6 Å². The van der Waals surface area contributed by atoms with Gasteiger partial charge < -0.3 is 10.6 Å². The van der Waals surface area contributed by atoms with Crippen LogP contribution in [0.4, 0.5) is 13.2 Å². The van der Waals surface area contributed by atoms with Crippen LogP contribution in [-0.2, 0) is 14.3 Å². The fourth-order valence-corrected chi connectivity index (χ4v) is 4.83. The Morgan fingerprint density at radius 1 is 1.30 bits per heavy atom. The average molecular weight is 473 g/mol. The molecule has 3 rings (SSSR count). The molecule has 5 unspecified atom stereocenters. The molecule has 0 aromatic heterocycles. The van der Waals surface area contributed by atoms with Gasteiger partial charge in [-0.2, -0.15) is 5.26 Å². The molecular formula is C20H26F3N5O5+2. The van der Waals surface area contributed by atoms with E-state index in [2.05, 4.69) is 21.4 Å². The summed E-state index contributed by atoms with van der Waals surface area (Å²) < 4.78 is 42.8. The van der Waals surface area contributed by atoms with Crippen molar-refractivity contribution in [3.05, 3.63) is 21.0 Å². The van der Waals surface area contributed by atoms with Crippen molar-refractivity contribution in [3.63, 3.8) is 0 Å². The van der Waals surface area contributed by atoms with Crippen molar-refractivity contribution < 1.29 is 37.0 Å². The number of rotatable bonds is 5. The number of carbonyl (C=O) groups is 2. The number of hydrogen-bond acceptors (Lipinski definition) is 6. The van der Waals surface area contributed by atoms with E-state index in [9.17, 15) is 32.6 Å². The van der Waals surface area contributed by atoms with Crippen molar-refractivity contribution in [2.45, 2.75) is 82.7 Å². The lowest BCUT2D eigenvalue weighted by Gasteiger charge is -2.34. The summed E-state index contributed by atoms with van der Waals surface area (Å²) in [5.74, 6) is -1.47. The monoisotopic (exact) mass is 473 g/mol. The molecule has 3 aliphatic heterocycles. The summed E-state index contributed by atoms with van der Waals surface area (Å²) in [6, 6.07) is -0.774. The summed E-state index contributed by atoms with van der Waals surface area (Å²) in [7, 11) is 0. The Bertz CT molecular complexity index is 928. The minimum Gasteiger partial charge on any atom is -0.347 e. The van der Waals surface area contributed by atoms with Crippen molar-refractivity contribution in [2.75, 3.05) is 6.54 Å². The molecule has 3 heterocycles. The third kappa shape index (κ3) is 5.55. The number of halogens is 3. The van der Waals surface area contributed by atoms with Crippen LogP contribution in [0.1, 0.15) is 46.0 Å². The molecule has 13 heteroatoms. The first-order chi connectivity index (χ1) is 15.4. The summed E-state index contributed by atoms with van der Waals surface area (Å²) in [5, 5.41) is 14.3. The van der Waals surface area contributed by atoms with Gasteiger partial charge in [0.25, 0.3) is 0 Å². The van der Waals surface area contributed by atoms with Gasteiger partial charge in [-0.05, 0) is 26.7 Å². The van der Waals surface area contributed by atoms with Crippen LogP contribution >= 0.6 is 0 Å². The molecule has 0 aliphatic carbocycles. The van der Waals surface area contributed by atoms with Crippen molar-refractivity contribution in [1.29, 1.82) is 5.26 Å². The Labute approximate surface area is 187 Å². The van der Waals surface area contributed by atoms with Gasteiger partial charge in [-0.3, -0.25) is 9.59 Å². The predicted octanol–water partition coefficient (Wildman–Crippen LogP) is 1.58. The number of fused-ring (bicyclic) bond motifs is 1. The number of nitrogens with zero attached hydrogens (tertiary/aromatic N) is 3. The Morgan fingerprint density at radius 2 is 2.00 bits per heavy atom. The van der Waals surface area contributed by atoms with Crippen LogP contribution in [0, 0.1) is 27.1 Å². The van der Waals surface area contributed by atoms with Gasteiger partial charge in [0.05, 0.1) is 24.6 Å². The van der Waals surface area contributed by atoms with Crippen LogP contribution in [0.15, 0.2) is 11.1 Å². The molecule has 2 N–H and O–H groups in total. The number of hydrogen-bond donors (Lipinski definition) is 2. The van der Waals surface area contributed by atoms with E-state index >= 15 is 0 Å². The number of carbonyl (C=O) groups excluding carboxylic acids is 2. The highest BCUT2D eigenvalue weighted by atomic mass is 19.4. The van der Waals surface area contributed by atoms with Gasteiger partial charge in [-0.15, -0.1) is 13.2 Å². The standard InChI is InChI=1S/C20H24F3N5O5/c1-10-13(7-16(29)25-11(2)15-5-3-12(8-24)9-27(15)31)19(30)26-14-4-6-17(28(32)18(10)14)33-20(21,22)23/h11-12,14-15,17-18H,3-7,9H2,1-2H3/p+2/t11-,12?,14?,15?,17?,18?/m1/s1. The maximum atomic E-state index is 12.6. The first-order valence-electron chi connectivity index (χ1n) is 10.7. The Balaban J connectivity index is 1.69. The van der Waals surface area contributed by atoms with Gasteiger partial charge in [0, 0.05) is 43.3 Å². The maximum absolute atomic E-state index is 12.6. The van der Waals surface area contributed by atoms with Crippen molar-refractivity contribution in [2.24, 2.45) is 5.92 Å². The molecule has 2 fully saturated rings. The zero-order chi connectivity index (χ0) is 24.5. The van der Waals surface area contributed by atoms with Crippen LogP contribution in [-0.4, -0.2) is 64.6 Å². The number of nitrogens with one attached hydrogen (secondary N) is 2. The summed E-state index contributed by atoms with van der Waals surface area (Å²) >= 11 is 0. The topological polar surface area (TPSA) is 131 Å². The van der Waals surface area contributed by atoms with E-state index in [1.165, 1.54) is 6.92 Å². The van der Waals surface area contributed by atoms with Gasteiger partial charge in [0.1, 0.15) is 5.92 Å². The fourth-order valence-electron chi connectivity index (χ4n) is 4.83. The van der Waals surface area contributed by atoms with Crippen LogP contribution < -0.4 is 10.6 Å². The maximum Gasteiger partial charge on any atom is 0.527 e. The van der Waals surface area contributed by atoms with Gasteiger partial charge in [0.2, 0.25) is 30.4 Å². The number of ether oxygens (including phenoxy) is 1. The third-order valence-electron chi connectivity index (χ3n) is 6.51. The zero-order valence-electron chi connectivity index (χ0n) is 18.2. The Hall–Kier alpha value is -2.88. The highest BCUT2D eigenvalue weighted by molar-refractivity contribution is 6.00. The molecule has 0 radical (unpaired) electrons. The summed E-state index contributed by atoms with van der Waals surface area (Å²) in [5.41, 5.74) is 0.221. The molecule has 180 valence electrons. The van der Waals surface area contributed by atoms with E-state index in [1.807, 2.05) is 0 Å². The predicted molar refractivity (Wildman–Crippen MR) is 105 cm³/mol. The van der Waals surface area contributed by atoms with Crippen LogP contribution in [0.5, 0.6) is 0 Å². The SMILES string of the molecule is CC1=C(CC(=O)N[C@H](C)C2CCC(C#N)C[N+]2=O)C(=O)NC2CCC(OC(F)(F)F)[N+](=O)C12. The minimum atomic E-state index is -4.98. The van der Waals surface area contributed by atoms with Crippen LogP contribution in [0.2, 0.25) is 0 Å². The number of nitroso groups, excluding NO2 is 2. The van der Waals surface area contributed by atoms with E-state index in [1.54, 1.807) is 6.92 Å².